The van der Waals surface area contributed by atoms with Gasteiger partial charge in [-0.3, -0.25) is 0 Å². The molecule has 0 saturated heterocycles. The van der Waals surface area contributed by atoms with E-state index in [4.69, 9.17) is 0 Å². The number of benzene rings is 8. The third kappa shape index (κ3) is 5.01. The number of hydrogen-bond donors (Lipinski definition) is 0. The van der Waals surface area contributed by atoms with Crippen LogP contribution in [-0.4, -0.2) is 12.6 Å². The predicted molar refractivity (Wildman–Crippen MR) is 215 cm³/mol. The van der Waals surface area contributed by atoms with Gasteiger partial charge in [-0.05, 0) is 73.3 Å². The van der Waals surface area contributed by atoms with Gasteiger partial charge >= 0.3 is 0 Å². The SMILES string of the molecule is c1ccc(-c2cc(-c3ccccc3)cc([Si](c3ccccc3)(c3ccccc3)c3ccc4c5ccccc5n(-c5ccccc5)c4c3)c2)cc1. The Labute approximate surface area is 294 Å². The van der Waals surface area contributed by atoms with Gasteiger partial charge in [0.05, 0.1) is 11.0 Å². The van der Waals surface area contributed by atoms with Crippen LogP contribution in [0.5, 0.6) is 0 Å². The number of nitrogens with zero attached hydrogens (tertiary/aromatic N) is 1. The van der Waals surface area contributed by atoms with Crippen molar-refractivity contribution in [3.05, 3.63) is 212 Å². The highest BCUT2D eigenvalue weighted by atomic mass is 28.3. The maximum atomic E-state index is 2.51. The van der Waals surface area contributed by atoms with Crippen LogP contribution in [0.15, 0.2) is 212 Å². The Morgan fingerprint density at radius 3 is 1.30 bits per heavy atom. The first kappa shape index (κ1) is 29.9. The highest BCUT2D eigenvalue weighted by Crippen LogP contribution is 2.32. The van der Waals surface area contributed by atoms with Crippen molar-refractivity contribution in [3.63, 3.8) is 0 Å². The molecule has 0 atom stereocenters. The smallest absolute Gasteiger partial charge is 0.179 e. The minimum Gasteiger partial charge on any atom is -0.309 e. The molecule has 0 amide bonds. The van der Waals surface area contributed by atoms with Gasteiger partial charge in [-0.1, -0.05) is 182 Å². The van der Waals surface area contributed by atoms with E-state index in [1.165, 1.54) is 70.5 Å². The van der Waals surface area contributed by atoms with E-state index in [9.17, 15) is 0 Å². The third-order valence-corrected chi connectivity index (χ3v) is 14.8. The van der Waals surface area contributed by atoms with Gasteiger partial charge in [-0.25, -0.2) is 0 Å². The van der Waals surface area contributed by atoms with Crippen molar-refractivity contribution in [2.45, 2.75) is 0 Å². The molecule has 0 aliphatic rings. The van der Waals surface area contributed by atoms with E-state index in [1.54, 1.807) is 0 Å². The molecule has 0 aliphatic carbocycles. The second-order valence-corrected chi connectivity index (χ2v) is 16.7. The van der Waals surface area contributed by atoms with E-state index < -0.39 is 8.07 Å². The van der Waals surface area contributed by atoms with Crippen LogP contribution in [0.2, 0.25) is 0 Å². The summed E-state index contributed by atoms with van der Waals surface area (Å²) in [6, 6.07) is 78.4. The molecule has 0 fully saturated rings. The van der Waals surface area contributed by atoms with Crippen molar-refractivity contribution >= 4 is 50.6 Å². The Bertz CT molecular complexity index is 2460. The lowest BCUT2D eigenvalue weighted by molar-refractivity contribution is 1.18. The van der Waals surface area contributed by atoms with E-state index in [2.05, 4.69) is 217 Å². The van der Waals surface area contributed by atoms with Crippen LogP contribution in [-0.2, 0) is 0 Å². The molecule has 50 heavy (non-hydrogen) atoms. The fraction of sp³-hybridized carbons (Fsp3) is 0. The largest absolute Gasteiger partial charge is 0.309 e. The lowest BCUT2D eigenvalue weighted by Gasteiger charge is -2.35. The third-order valence-electron chi connectivity index (χ3n) is 10.1. The average Bonchev–Trinajstić information content (AvgIpc) is 3.54. The summed E-state index contributed by atoms with van der Waals surface area (Å²) in [6.07, 6.45) is 0. The Kier molecular flexibility index (Phi) is 7.57. The van der Waals surface area contributed by atoms with Crippen molar-refractivity contribution in [2.75, 3.05) is 0 Å². The van der Waals surface area contributed by atoms with Crippen molar-refractivity contribution in [3.8, 4) is 27.9 Å². The molecule has 0 bridgehead atoms. The summed E-state index contributed by atoms with van der Waals surface area (Å²) in [5, 5.41) is 7.96. The van der Waals surface area contributed by atoms with Gasteiger partial charge in [0.1, 0.15) is 0 Å². The van der Waals surface area contributed by atoms with E-state index in [-0.39, 0.29) is 0 Å². The fourth-order valence-corrected chi connectivity index (χ4v) is 12.7. The monoisotopic (exact) mass is 653 g/mol. The van der Waals surface area contributed by atoms with E-state index in [0.29, 0.717) is 0 Å². The van der Waals surface area contributed by atoms with E-state index in [0.717, 1.165) is 0 Å². The van der Waals surface area contributed by atoms with Crippen molar-refractivity contribution < 1.29 is 0 Å². The number of aromatic nitrogens is 1. The Hall–Kier alpha value is -6.22. The summed E-state index contributed by atoms with van der Waals surface area (Å²) in [6.45, 7) is 0. The topological polar surface area (TPSA) is 4.93 Å². The maximum absolute atomic E-state index is 2.93. The molecule has 0 radical (unpaired) electrons. The Morgan fingerprint density at radius 2 is 0.740 bits per heavy atom. The molecule has 0 aliphatic heterocycles. The van der Waals surface area contributed by atoms with Crippen molar-refractivity contribution in [1.82, 2.24) is 4.57 Å². The quantitative estimate of drug-likeness (QED) is 0.119. The van der Waals surface area contributed by atoms with E-state index >= 15 is 0 Å². The highest BCUT2D eigenvalue weighted by molar-refractivity contribution is 7.20. The van der Waals surface area contributed by atoms with Crippen LogP contribution in [0.1, 0.15) is 0 Å². The zero-order chi connectivity index (χ0) is 33.3. The van der Waals surface area contributed by atoms with Crippen LogP contribution >= 0.6 is 0 Å². The summed E-state index contributed by atoms with van der Waals surface area (Å²) in [5.41, 5.74) is 8.50. The number of para-hydroxylation sites is 2. The zero-order valence-electron chi connectivity index (χ0n) is 27.7. The number of hydrogen-bond acceptors (Lipinski definition) is 0. The van der Waals surface area contributed by atoms with Gasteiger partial charge in [-0.2, -0.15) is 0 Å². The molecule has 2 heteroatoms. The molecule has 8 aromatic carbocycles. The minimum absolute atomic E-state index is 1.17. The van der Waals surface area contributed by atoms with Gasteiger partial charge in [0.25, 0.3) is 0 Å². The molecule has 0 spiro atoms. The number of fused-ring (bicyclic) bond motifs is 3. The minimum atomic E-state index is -2.93. The second kappa shape index (κ2) is 12.7. The van der Waals surface area contributed by atoms with Crippen LogP contribution in [0.4, 0.5) is 0 Å². The molecule has 236 valence electrons. The van der Waals surface area contributed by atoms with Gasteiger partial charge in [0.2, 0.25) is 0 Å². The summed E-state index contributed by atoms with van der Waals surface area (Å²) >= 11 is 0. The molecule has 1 nitrogen and oxygen atoms in total. The highest BCUT2D eigenvalue weighted by Gasteiger charge is 2.42. The summed E-state index contributed by atoms with van der Waals surface area (Å²) in [7, 11) is -2.93. The van der Waals surface area contributed by atoms with Crippen LogP contribution in [0, 0.1) is 0 Å². The first-order valence-electron chi connectivity index (χ1n) is 17.3. The molecule has 0 N–H and O–H groups in total. The predicted octanol–water partition coefficient (Wildman–Crippen LogP) is 9.50. The van der Waals surface area contributed by atoms with Gasteiger partial charge < -0.3 is 4.57 Å². The van der Waals surface area contributed by atoms with Gasteiger partial charge in [-0.15, -0.1) is 0 Å². The molecular formula is C48H35NSi. The second-order valence-electron chi connectivity index (χ2n) is 12.9. The summed E-state index contributed by atoms with van der Waals surface area (Å²) in [4.78, 5) is 0. The summed E-state index contributed by atoms with van der Waals surface area (Å²) in [5.74, 6) is 0. The number of rotatable bonds is 7. The standard InChI is InChI=1S/C48H35NSi/c1-6-18-36(19-7-1)38-32-39(37-20-8-2-9-21-37)34-44(33-38)50(41-24-12-4-13-25-41,42-26-14-5-15-27-42)43-30-31-46-45-28-16-17-29-47(45)49(48(46)35-43)40-22-10-3-11-23-40/h1-35H. The normalized spacial score (nSPS) is 11.6. The lowest BCUT2D eigenvalue weighted by Crippen LogP contribution is -2.74. The molecule has 9 aromatic rings. The summed E-state index contributed by atoms with van der Waals surface area (Å²) < 4.78 is 2.44. The average molecular weight is 654 g/mol. The van der Waals surface area contributed by atoms with Crippen molar-refractivity contribution in [1.29, 1.82) is 0 Å². The van der Waals surface area contributed by atoms with Gasteiger partial charge in [0.15, 0.2) is 8.07 Å². The molecular weight excluding hydrogens is 619 g/mol. The van der Waals surface area contributed by atoms with Crippen LogP contribution < -0.4 is 20.7 Å². The van der Waals surface area contributed by atoms with E-state index in [1.807, 2.05) is 0 Å². The molecule has 0 unspecified atom stereocenters. The Balaban J connectivity index is 1.43. The Morgan fingerprint density at radius 1 is 0.280 bits per heavy atom. The molecule has 1 heterocycles. The lowest BCUT2D eigenvalue weighted by atomic mass is 9.99. The fourth-order valence-electron chi connectivity index (χ4n) is 7.87. The van der Waals surface area contributed by atoms with Crippen LogP contribution in [0.25, 0.3) is 49.7 Å². The molecule has 1 aromatic heterocycles. The van der Waals surface area contributed by atoms with Crippen LogP contribution in [0.3, 0.4) is 0 Å². The zero-order valence-corrected chi connectivity index (χ0v) is 28.7. The van der Waals surface area contributed by atoms with Crippen molar-refractivity contribution in [2.24, 2.45) is 0 Å². The maximum Gasteiger partial charge on any atom is 0.179 e. The molecule has 0 saturated carbocycles. The molecule has 9 rings (SSSR count). The van der Waals surface area contributed by atoms with Gasteiger partial charge in [0, 0.05) is 16.5 Å². The first-order chi connectivity index (χ1) is 24.8. The first-order valence-corrected chi connectivity index (χ1v) is 19.3.